The number of carbonyl (C=O) groups is 2. The minimum atomic E-state index is -1.67. The van der Waals surface area contributed by atoms with Crippen LogP contribution >= 0.6 is 95.6 Å². The molecule has 1 saturated heterocycles. The molecule has 0 bridgehead atoms. The molecule has 0 spiro atoms. The van der Waals surface area contributed by atoms with Gasteiger partial charge in [0.05, 0.1) is 11.8 Å². The maximum absolute atomic E-state index is 11.9. The Bertz CT molecular complexity index is 730. The summed E-state index contributed by atoms with van der Waals surface area (Å²) in [5, 5.41) is 11.1. The molecule has 1 saturated carbocycles. The average molecular weight is 844 g/mol. The molecule has 0 aromatic carbocycles. The zero-order chi connectivity index (χ0) is 27.9. The van der Waals surface area contributed by atoms with Crippen LogP contribution in [0.1, 0.15) is 25.7 Å². The van der Waals surface area contributed by atoms with Crippen molar-refractivity contribution in [2.75, 3.05) is 26.2 Å². The summed E-state index contributed by atoms with van der Waals surface area (Å²) in [6, 6.07) is 0. The smallest absolute Gasteiger partial charge is 0.412 e. The van der Waals surface area contributed by atoms with Crippen molar-refractivity contribution in [1.29, 1.82) is 0 Å². The molecule has 0 aromatic heterocycles. The SMILES string of the molecule is O=C1C2CCCCC2C(=O)N1SC(Cl)(Cl)Cl.S=C([S-])NCCNC(=S)[S-].S=C([S-])NCCNC(=S)[S-].[Mn+2].[Zn+2]. The summed E-state index contributed by atoms with van der Waals surface area (Å²) >= 11 is 54.2. The van der Waals surface area contributed by atoms with E-state index in [0.717, 1.165) is 30.0 Å². The summed E-state index contributed by atoms with van der Waals surface area (Å²) in [5.74, 6) is -0.792. The number of imide groups is 1. The van der Waals surface area contributed by atoms with Crippen molar-refractivity contribution in [2.24, 2.45) is 11.8 Å². The molecule has 1 aliphatic heterocycles. The molecule has 2 unspecified atom stereocenters. The molecule has 38 heavy (non-hydrogen) atoms. The summed E-state index contributed by atoms with van der Waals surface area (Å²) in [6.45, 7) is 2.66. The van der Waals surface area contributed by atoms with E-state index >= 15 is 0 Å². The van der Waals surface area contributed by atoms with Crippen molar-refractivity contribution in [2.45, 2.75) is 28.8 Å². The number of rotatable bonds is 7. The van der Waals surface area contributed by atoms with Gasteiger partial charge in [0.25, 0.3) is 3.12 Å². The van der Waals surface area contributed by atoms with E-state index < -0.39 is 3.12 Å². The first kappa shape index (κ1) is 44.4. The Hall–Kier alpha value is 1.94. The summed E-state index contributed by atoms with van der Waals surface area (Å²) < 4.78 is 0.857. The zero-order valence-electron chi connectivity index (χ0n) is 19.5. The molecule has 21 heteroatoms. The number of thiocarbonyl (C=S) groups is 4. The number of hydrogen-bond donors (Lipinski definition) is 4. The maximum atomic E-state index is 11.9. The molecule has 2 aliphatic rings. The summed E-state index contributed by atoms with van der Waals surface area (Å²) in [4.78, 5) is 23.9. The molecule has 2 fully saturated rings. The van der Waals surface area contributed by atoms with Crippen LogP contribution in [0.2, 0.25) is 0 Å². The van der Waals surface area contributed by atoms with Crippen LogP contribution in [-0.4, -0.2) is 62.7 Å². The first-order valence-corrected chi connectivity index (χ1v) is 15.3. The number of alkyl halides is 3. The number of hydrogen-bond acceptors (Lipinski definition) is 11. The van der Waals surface area contributed by atoms with Crippen LogP contribution in [0.5, 0.6) is 0 Å². The van der Waals surface area contributed by atoms with Gasteiger partial charge in [0.15, 0.2) is 0 Å². The van der Waals surface area contributed by atoms with Gasteiger partial charge in [0.1, 0.15) is 0 Å². The minimum Gasteiger partial charge on any atom is -0.412 e. The van der Waals surface area contributed by atoms with Gasteiger partial charge in [-0.25, -0.2) is 4.31 Å². The van der Waals surface area contributed by atoms with E-state index in [1.165, 1.54) is 0 Å². The van der Waals surface area contributed by atoms with Gasteiger partial charge < -0.3 is 121 Å². The minimum absolute atomic E-state index is 0. The van der Waals surface area contributed by atoms with Crippen LogP contribution in [0.15, 0.2) is 0 Å². The first-order valence-electron chi connectivity index (χ1n) is 10.1. The fourth-order valence-corrected chi connectivity index (χ4v) is 5.08. The molecule has 7 nitrogen and oxygen atoms in total. The van der Waals surface area contributed by atoms with Crippen molar-refractivity contribution in [3.05, 3.63) is 0 Å². The van der Waals surface area contributed by atoms with E-state index in [2.05, 4.69) is 121 Å². The molecular formula is C17H22Cl3MnN5O2S9Zn. The number of halogens is 3. The predicted molar refractivity (Wildman–Crippen MR) is 177 cm³/mol. The molecule has 1 heterocycles. The monoisotopic (exact) mass is 840 g/mol. The Labute approximate surface area is 310 Å². The first-order chi connectivity index (χ1) is 16.7. The van der Waals surface area contributed by atoms with E-state index in [1.54, 1.807) is 0 Å². The van der Waals surface area contributed by atoms with Gasteiger partial charge in [-0.05, 0) is 12.8 Å². The summed E-state index contributed by atoms with van der Waals surface area (Å²) in [6.07, 6.45) is 3.53. The number of amides is 2. The van der Waals surface area contributed by atoms with Crippen LogP contribution < -0.4 is 21.3 Å². The Morgan fingerprint density at radius 2 is 1.03 bits per heavy atom. The van der Waals surface area contributed by atoms with E-state index in [1.807, 2.05) is 0 Å². The van der Waals surface area contributed by atoms with Crippen LogP contribution in [-0.2, 0) is 96.7 Å². The third-order valence-electron chi connectivity index (χ3n) is 4.32. The van der Waals surface area contributed by atoms with Gasteiger partial charge >= 0.3 is 36.5 Å². The topological polar surface area (TPSA) is 85.5 Å². The van der Waals surface area contributed by atoms with Crippen LogP contribution in [0, 0.1) is 11.8 Å². The van der Waals surface area contributed by atoms with Crippen LogP contribution in [0.4, 0.5) is 0 Å². The molecule has 0 aromatic rings. The fraction of sp³-hybridized carbons (Fsp3) is 0.647. The van der Waals surface area contributed by atoms with E-state index in [-0.39, 0.29) is 60.2 Å². The quantitative estimate of drug-likeness (QED) is 0.0577. The van der Waals surface area contributed by atoms with E-state index in [9.17, 15) is 9.59 Å². The number of fused-ring (bicyclic) bond motifs is 1. The number of carbonyl (C=O) groups excluding carboxylic acids is 2. The van der Waals surface area contributed by atoms with Crippen molar-refractivity contribution in [3.63, 3.8) is 0 Å². The predicted octanol–water partition coefficient (Wildman–Crippen LogP) is 2.79. The van der Waals surface area contributed by atoms with E-state index in [0.29, 0.717) is 55.4 Å². The zero-order valence-corrected chi connectivity index (χ0v) is 33.2. The number of nitrogens with zero attached hydrogens (tertiary/aromatic N) is 1. The van der Waals surface area contributed by atoms with Gasteiger partial charge in [0.2, 0.25) is 11.8 Å². The second-order valence-corrected chi connectivity index (χ2v) is 15.3. The number of nitrogens with one attached hydrogen (secondary N) is 4. The van der Waals surface area contributed by atoms with Crippen LogP contribution in [0.25, 0.3) is 0 Å². The summed E-state index contributed by atoms with van der Waals surface area (Å²) in [7, 11) is 0. The Balaban J connectivity index is -0.000000495. The summed E-state index contributed by atoms with van der Waals surface area (Å²) in [5.41, 5.74) is 0. The van der Waals surface area contributed by atoms with Crippen molar-refractivity contribution < 1.29 is 46.1 Å². The third-order valence-corrected chi connectivity index (χ3v) is 6.85. The largest absolute Gasteiger partial charge is 2.00 e. The van der Waals surface area contributed by atoms with E-state index in [4.69, 9.17) is 34.8 Å². The molecule has 2 amide bonds. The molecule has 1 radical (unpaired) electrons. The fourth-order valence-electron chi connectivity index (χ4n) is 2.98. The molecule has 1 aliphatic carbocycles. The molecule has 2 rings (SSSR count). The van der Waals surface area contributed by atoms with Gasteiger partial charge in [-0.1, -0.05) is 64.9 Å². The maximum Gasteiger partial charge on any atom is 2.00 e. The van der Waals surface area contributed by atoms with Crippen molar-refractivity contribution >= 4 is 175 Å². The van der Waals surface area contributed by atoms with Crippen molar-refractivity contribution in [1.82, 2.24) is 25.6 Å². The van der Waals surface area contributed by atoms with Crippen LogP contribution in [0.3, 0.4) is 0 Å². The average Bonchev–Trinajstić information content (AvgIpc) is 2.99. The second kappa shape index (κ2) is 24.4. The van der Waals surface area contributed by atoms with Gasteiger partial charge in [0, 0.05) is 38.1 Å². The standard InChI is InChI=1S/C9H10Cl3NO2S.2C4H8N2S4.Mn.Zn/c10-9(11,12)16-13-7(14)5-3-1-2-4-6(5)8(13)15;2*7-3(8)5-1-2-6-4(9)10;;/h5-6H,1-4H2;2*1-2H2,(H2,5,7,8)(H2,6,9,10);;/q;;;2*+2/p-4. The Morgan fingerprint density at radius 1 is 0.763 bits per heavy atom. The van der Waals surface area contributed by atoms with Gasteiger partial charge in [-0.3, -0.25) is 9.59 Å². The molecule has 211 valence electrons. The second-order valence-electron chi connectivity index (χ2n) is 6.86. The Kier molecular flexibility index (Phi) is 28.5. The van der Waals surface area contributed by atoms with Crippen molar-refractivity contribution in [3.8, 4) is 0 Å². The van der Waals surface area contributed by atoms with Gasteiger partial charge in [-0.2, -0.15) is 0 Å². The molecule has 2 atom stereocenters. The molecular weight excluding hydrogens is 822 g/mol. The Morgan fingerprint density at radius 3 is 1.24 bits per heavy atom. The molecule has 4 N–H and O–H groups in total. The van der Waals surface area contributed by atoms with Gasteiger partial charge in [-0.15, -0.1) is 0 Å². The third kappa shape index (κ3) is 22.5. The normalized spacial score (nSPS) is 17.4.